The summed E-state index contributed by atoms with van der Waals surface area (Å²) in [7, 11) is 0. The lowest BCUT2D eigenvalue weighted by Gasteiger charge is -2.17. The molecule has 1 aliphatic carbocycles. The summed E-state index contributed by atoms with van der Waals surface area (Å²) in [5.74, 6) is 2.68. The number of terminal acetylenes is 1. The smallest absolute Gasteiger partial charge is 0.0983 e. The van der Waals surface area contributed by atoms with Gasteiger partial charge in [0.2, 0.25) is 0 Å². The number of benzene rings is 1. The van der Waals surface area contributed by atoms with E-state index >= 15 is 0 Å². The van der Waals surface area contributed by atoms with Gasteiger partial charge in [0, 0.05) is 6.42 Å². The van der Waals surface area contributed by atoms with Crippen LogP contribution in [0.2, 0.25) is 0 Å². The molecule has 15 heavy (non-hydrogen) atoms. The van der Waals surface area contributed by atoms with Crippen LogP contribution in [0.4, 0.5) is 0 Å². The van der Waals surface area contributed by atoms with Crippen LogP contribution in [0.25, 0.3) is 0 Å². The number of rotatable bonds is 1. The maximum absolute atomic E-state index is 5.67. The molecule has 2 nitrogen and oxygen atoms in total. The highest BCUT2D eigenvalue weighted by atomic mass is 32.2. The quantitative estimate of drug-likeness (QED) is 0.406. The van der Waals surface area contributed by atoms with Crippen molar-refractivity contribution in [3.63, 3.8) is 0 Å². The number of hydrogen-bond donors (Lipinski definition) is 0. The van der Waals surface area contributed by atoms with Gasteiger partial charge in [-0.2, -0.15) is 0 Å². The third-order valence-corrected chi connectivity index (χ3v) is 3.85. The lowest BCUT2D eigenvalue weighted by atomic mass is 10.1. The molecule has 0 aromatic heterocycles. The Morgan fingerprint density at radius 1 is 1.53 bits per heavy atom. The van der Waals surface area contributed by atoms with E-state index in [0.717, 1.165) is 6.42 Å². The zero-order chi connectivity index (χ0) is 10.3. The summed E-state index contributed by atoms with van der Waals surface area (Å²) in [4.78, 5) is 0. The van der Waals surface area contributed by atoms with Gasteiger partial charge in [0.15, 0.2) is 0 Å². The minimum absolute atomic E-state index is 0.278. The summed E-state index contributed by atoms with van der Waals surface area (Å²) in [6.07, 6.45) is 6.64. The molecule has 0 N–H and O–H groups in total. The molecule has 76 valence electrons. The molecule has 1 fully saturated rings. The van der Waals surface area contributed by atoms with Crippen molar-refractivity contribution >= 4 is 12.2 Å². The minimum Gasteiger partial charge on any atom is -0.295 e. The third-order valence-electron chi connectivity index (χ3n) is 2.97. The van der Waals surface area contributed by atoms with Crippen molar-refractivity contribution in [1.82, 2.24) is 4.31 Å². The first-order valence-corrected chi connectivity index (χ1v) is 5.71. The average Bonchev–Trinajstić information content (AvgIpc) is 2.78. The van der Waals surface area contributed by atoms with Crippen LogP contribution in [-0.4, -0.2) is 17.0 Å². The van der Waals surface area contributed by atoms with Crippen molar-refractivity contribution < 1.29 is 4.18 Å². The van der Waals surface area contributed by atoms with Crippen molar-refractivity contribution in [2.24, 2.45) is 0 Å². The van der Waals surface area contributed by atoms with Gasteiger partial charge in [0.25, 0.3) is 0 Å². The molecule has 1 aliphatic heterocycles. The topological polar surface area (TPSA) is 12.5 Å². The van der Waals surface area contributed by atoms with Gasteiger partial charge in [-0.05, 0) is 11.1 Å². The SMILES string of the molecule is C#CCN1SO[C@H]2Cc3ccccc3[C@@H]21. The van der Waals surface area contributed by atoms with Crippen molar-refractivity contribution in [3.05, 3.63) is 35.4 Å². The largest absolute Gasteiger partial charge is 0.295 e. The van der Waals surface area contributed by atoms with E-state index in [1.807, 2.05) is 0 Å². The van der Waals surface area contributed by atoms with E-state index in [9.17, 15) is 0 Å². The summed E-state index contributed by atoms with van der Waals surface area (Å²) in [6.45, 7) is 0.639. The van der Waals surface area contributed by atoms with Crippen LogP contribution < -0.4 is 0 Å². The molecular weight excluding hydrogens is 206 g/mol. The Kier molecular flexibility index (Phi) is 2.21. The average molecular weight is 217 g/mol. The molecule has 3 heteroatoms. The predicted molar refractivity (Wildman–Crippen MR) is 60.9 cm³/mol. The molecular formula is C12H11NOS. The monoisotopic (exact) mass is 217 g/mol. The Balaban J connectivity index is 1.97. The summed E-state index contributed by atoms with van der Waals surface area (Å²) >= 11 is 1.41. The molecule has 0 saturated carbocycles. The van der Waals surface area contributed by atoms with Crippen LogP contribution in [0.15, 0.2) is 24.3 Å². The van der Waals surface area contributed by atoms with Crippen molar-refractivity contribution in [3.8, 4) is 12.3 Å². The number of nitrogens with zero attached hydrogens (tertiary/aromatic N) is 1. The van der Waals surface area contributed by atoms with Gasteiger partial charge in [-0.3, -0.25) is 4.18 Å². The van der Waals surface area contributed by atoms with Gasteiger partial charge in [-0.1, -0.05) is 30.2 Å². The molecule has 0 amide bonds. The molecule has 0 bridgehead atoms. The van der Waals surface area contributed by atoms with E-state index in [0.29, 0.717) is 12.6 Å². The first-order valence-electron chi connectivity index (χ1n) is 5.01. The highest BCUT2D eigenvalue weighted by molar-refractivity contribution is 7.92. The van der Waals surface area contributed by atoms with Crippen LogP contribution in [0, 0.1) is 12.3 Å². The van der Waals surface area contributed by atoms with E-state index in [2.05, 4.69) is 34.5 Å². The van der Waals surface area contributed by atoms with Gasteiger partial charge < -0.3 is 0 Å². The number of hydrogen-bond acceptors (Lipinski definition) is 3. The van der Waals surface area contributed by atoms with E-state index in [-0.39, 0.29) is 6.10 Å². The van der Waals surface area contributed by atoms with Gasteiger partial charge >= 0.3 is 0 Å². The Hall–Kier alpha value is -0.950. The number of fused-ring (bicyclic) bond motifs is 3. The van der Waals surface area contributed by atoms with E-state index in [1.165, 1.54) is 23.4 Å². The molecule has 0 spiro atoms. The zero-order valence-electron chi connectivity index (χ0n) is 8.22. The first-order chi connectivity index (χ1) is 7.40. The second-order valence-corrected chi connectivity index (χ2v) is 4.65. The van der Waals surface area contributed by atoms with Gasteiger partial charge in [0.05, 0.1) is 30.9 Å². The highest BCUT2D eigenvalue weighted by Gasteiger charge is 2.43. The van der Waals surface area contributed by atoms with Crippen LogP contribution in [-0.2, 0) is 10.6 Å². The van der Waals surface area contributed by atoms with Crippen molar-refractivity contribution in [2.45, 2.75) is 18.6 Å². The van der Waals surface area contributed by atoms with E-state index < -0.39 is 0 Å². The standard InChI is InChI=1S/C12H11NOS/c1-2-7-13-12-10-6-4-3-5-9(10)8-11(12)14-15-13/h1,3-6,11-12H,7-8H2/t11-,12-/m0/s1. The highest BCUT2D eigenvalue weighted by Crippen LogP contribution is 2.47. The molecule has 0 radical (unpaired) electrons. The van der Waals surface area contributed by atoms with E-state index in [4.69, 9.17) is 10.6 Å². The van der Waals surface area contributed by atoms with Crippen LogP contribution in [0.3, 0.4) is 0 Å². The molecule has 1 aromatic carbocycles. The fourth-order valence-corrected chi connectivity index (χ4v) is 3.20. The maximum Gasteiger partial charge on any atom is 0.0983 e. The Morgan fingerprint density at radius 3 is 3.27 bits per heavy atom. The molecule has 2 atom stereocenters. The Morgan fingerprint density at radius 2 is 2.40 bits per heavy atom. The summed E-state index contributed by atoms with van der Waals surface area (Å²) in [5, 5.41) is 0. The van der Waals surface area contributed by atoms with Crippen LogP contribution in [0.1, 0.15) is 17.2 Å². The summed E-state index contributed by atoms with van der Waals surface area (Å²) in [6, 6.07) is 8.87. The second kappa shape index (κ2) is 3.57. The lowest BCUT2D eigenvalue weighted by Crippen LogP contribution is -2.21. The second-order valence-electron chi connectivity index (χ2n) is 3.84. The summed E-state index contributed by atoms with van der Waals surface area (Å²) in [5.41, 5.74) is 2.78. The van der Waals surface area contributed by atoms with Gasteiger partial charge in [0.1, 0.15) is 0 Å². The van der Waals surface area contributed by atoms with E-state index in [1.54, 1.807) is 0 Å². The molecule has 3 rings (SSSR count). The van der Waals surface area contributed by atoms with Crippen LogP contribution in [0.5, 0.6) is 0 Å². The molecule has 1 heterocycles. The minimum atomic E-state index is 0.278. The molecule has 1 saturated heterocycles. The fourth-order valence-electron chi connectivity index (χ4n) is 2.34. The van der Waals surface area contributed by atoms with Crippen LogP contribution >= 0.6 is 12.2 Å². The molecule has 0 unspecified atom stereocenters. The van der Waals surface area contributed by atoms with Crippen molar-refractivity contribution in [1.29, 1.82) is 0 Å². The third kappa shape index (κ3) is 1.37. The Bertz CT molecular complexity index is 426. The fraction of sp³-hybridized carbons (Fsp3) is 0.333. The predicted octanol–water partition coefficient (Wildman–Crippen LogP) is 2.18. The molecule has 1 aromatic rings. The van der Waals surface area contributed by atoms with Gasteiger partial charge in [-0.25, -0.2) is 4.31 Å². The maximum atomic E-state index is 5.67. The first kappa shape index (κ1) is 9.29. The lowest BCUT2D eigenvalue weighted by molar-refractivity contribution is 0.223. The normalized spacial score (nSPS) is 28.5. The molecule has 2 aliphatic rings. The van der Waals surface area contributed by atoms with Crippen molar-refractivity contribution in [2.75, 3.05) is 6.54 Å². The summed E-state index contributed by atoms with van der Waals surface area (Å²) < 4.78 is 7.82. The zero-order valence-corrected chi connectivity index (χ0v) is 9.04. The Labute approximate surface area is 93.9 Å². The van der Waals surface area contributed by atoms with Gasteiger partial charge in [-0.15, -0.1) is 6.42 Å².